The summed E-state index contributed by atoms with van der Waals surface area (Å²) in [5, 5.41) is 0. The maximum absolute atomic E-state index is 4.94. The smallest absolute Gasteiger partial charge is 0.0963 e. The molecule has 0 aliphatic rings. The van der Waals surface area contributed by atoms with Crippen molar-refractivity contribution in [3.63, 3.8) is 0 Å². The number of ether oxygens (including phenoxy) is 1. The van der Waals surface area contributed by atoms with Crippen LogP contribution in [0.4, 0.5) is 0 Å². The Labute approximate surface area is 71.8 Å². The predicted molar refractivity (Wildman–Crippen MR) is 48.9 cm³/mol. The summed E-state index contributed by atoms with van der Waals surface area (Å²) < 4.78 is 4.94. The fourth-order valence-corrected chi connectivity index (χ4v) is 1.34. The Balaban J connectivity index is 2.52. The van der Waals surface area contributed by atoms with Gasteiger partial charge in [0.05, 0.1) is 5.94 Å². The first-order valence-corrected chi connectivity index (χ1v) is 4.50. The molecule has 11 heavy (non-hydrogen) atoms. The number of hydrogen-bond donors (Lipinski definition) is 0. The first kappa shape index (κ1) is 8.62. The molecule has 0 N–H and O–H groups in total. The van der Waals surface area contributed by atoms with Gasteiger partial charge >= 0.3 is 0 Å². The number of aryl methyl sites for hydroxylation is 1. The molecule has 60 valence electrons. The Morgan fingerprint density at radius 1 is 1.27 bits per heavy atom. The minimum absolute atomic E-state index is 0.725. The van der Waals surface area contributed by atoms with Gasteiger partial charge in [0.15, 0.2) is 0 Å². The van der Waals surface area contributed by atoms with E-state index >= 15 is 0 Å². The topological polar surface area (TPSA) is 9.23 Å². The van der Waals surface area contributed by atoms with Crippen LogP contribution in [0.3, 0.4) is 0 Å². The number of rotatable bonds is 3. The minimum atomic E-state index is 0.725. The Morgan fingerprint density at radius 2 is 1.91 bits per heavy atom. The van der Waals surface area contributed by atoms with Crippen molar-refractivity contribution < 1.29 is 4.74 Å². The molecular weight excluding hydrogens is 156 g/mol. The molecule has 0 atom stereocenters. The van der Waals surface area contributed by atoms with Gasteiger partial charge in [-0.25, -0.2) is 0 Å². The molecule has 0 amide bonds. The predicted octanol–water partition coefficient (Wildman–Crippen LogP) is 2.69. The molecular formula is C9H12OS. The first-order chi connectivity index (χ1) is 5.33. The lowest BCUT2D eigenvalue weighted by Gasteiger charge is -1.99. The second-order valence-corrected chi connectivity index (χ2v) is 3.36. The average Bonchev–Trinajstić information content (AvgIpc) is 2.04. The van der Waals surface area contributed by atoms with Gasteiger partial charge in [-0.05, 0) is 19.1 Å². The van der Waals surface area contributed by atoms with Crippen molar-refractivity contribution in [3.05, 3.63) is 29.8 Å². The van der Waals surface area contributed by atoms with Crippen LogP contribution in [0.15, 0.2) is 29.2 Å². The van der Waals surface area contributed by atoms with Crippen molar-refractivity contribution in [3.8, 4) is 0 Å². The highest BCUT2D eigenvalue weighted by atomic mass is 32.2. The van der Waals surface area contributed by atoms with Crippen LogP contribution >= 0.6 is 11.8 Å². The highest BCUT2D eigenvalue weighted by Crippen LogP contribution is 2.17. The van der Waals surface area contributed by atoms with Crippen LogP contribution in [-0.2, 0) is 4.74 Å². The van der Waals surface area contributed by atoms with Gasteiger partial charge in [0.2, 0.25) is 0 Å². The van der Waals surface area contributed by atoms with E-state index in [0.29, 0.717) is 0 Å². The summed E-state index contributed by atoms with van der Waals surface area (Å²) in [7, 11) is 1.71. The van der Waals surface area contributed by atoms with Gasteiger partial charge in [0.1, 0.15) is 0 Å². The summed E-state index contributed by atoms with van der Waals surface area (Å²) in [5.41, 5.74) is 1.30. The summed E-state index contributed by atoms with van der Waals surface area (Å²) >= 11 is 1.71. The first-order valence-electron chi connectivity index (χ1n) is 3.51. The van der Waals surface area contributed by atoms with E-state index in [2.05, 4.69) is 31.2 Å². The Hall–Kier alpha value is -0.470. The van der Waals surface area contributed by atoms with E-state index in [1.54, 1.807) is 18.9 Å². The monoisotopic (exact) mass is 168 g/mol. The third-order valence-corrected chi connectivity index (χ3v) is 2.32. The molecule has 0 aliphatic carbocycles. The van der Waals surface area contributed by atoms with Gasteiger partial charge in [0.25, 0.3) is 0 Å². The molecule has 0 aromatic heterocycles. The lowest BCUT2D eigenvalue weighted by atomic mass is 10.2. The van der Waals surface area contributed by atoms with Gasteiger partial charge < -0.3 is 4.74 Å². The highest BCUT2D eigenvalue weighted by Gasteiger charge is 1.90. The van der Waals surface area contributed by atoms with E-state index < -0.39 is 0 Å². The van der Waals surface area contributed by atoms with Gasteiger partial charge in [-0.2, -0.15) is 0 Å². The maximum atomic E-state index is 4.94. The molecule has 1 rings (SSSR count). The third-order valence-electron chi connectivity index (χ3n) is 1.36. The largest absolute Gasteiger partial charge is 0.374 e. The molecule has 2 heteroatoms. The Morgan fingerprint density at radius 3 is 2.45 bits per heavy atom. The highest BCUT2D eigenvalue weighted by molar-refractivity contribution is 7.99. The lowest BCUT2D eigenvalue weighted by molar-refractivity contribution is 0.259. The molecule has 0 aliphatic heterocycles. The maximum Gasteiger partial charge on any atom is 0.0963 e. The molecule has 0 spiro atoms. The van der Waals surface area contributed by atoms with Crippen LogP contribution < -0.4 is 0 Å². The molecule has 1 nitrogen and oxygen atoms in total. The van der Waals surface area contributed by atoms with Crippen molar-refractivity contribution in [2.75, 3.05) is 13.0 Å². The van der Waals surface area contributed by atoms with E-state index in [9.17, 15) is 0 Å². The second-order valence-electron chi connectivity index (χ2n) is 2.36. The lowest BCUT2D eigenvalue weighted by Crippen LogP contribution is -1.80. The summed E-state index contributed by atoms with van der Waals surface area (Å²) in [5.74, 6) is 0.725. The van der Waals surface area contributed by atoms with Crippen LogP contribution in [0, 0.1) is 6.92 Å². The molecule has 0 bridgehead atoms. The van der Waals surface area contributed by atoms with Crippen molar-refractivity contribution in [1.82, 2.24) is 0 Å². The summed E-state index contributed by atoms with van der Waals surface area (Å²) in [6.45, 7) is 2.09. The minimum Gasteiger partial charge on any atom is -0.374 e. The zero-order chi connectivity index (χ0) is 8.10. The van der Waals surface area contributed by atoms with E-state index in [1.165, 1.54) is 10.5 Å². The second kappa shape index (κ2) is 4.42. The number of methoxy groups -OCH3 is 1. The van der Waals surface area contributed by atoms with Crippen LogP contribution in [0.5, 0.6) is 0 Å². The normalized spacial score (nSPS) is 10.0. The standard InChI is InChI=1S/C9H12OS/c1-8-3-5-9(6-4-8)11-7-10-2/h3-6H,7H2,1-2H3. The molecule has 0 saturated carbocycles. The quantitative estimate of drug-likeness (QED) is 0.507. The van der Waals surface area contributed by atoms with Crippen molar-refractivity contribution in [1.29, 1.82) is 0 Å². The van der Waals surface area contributed by atoms with Crippen molar-refractivity contribution in [2.45, 2.75) is 11.8 Å². The number of benzene rings is 1. The summed E-state index contributed by atoms with van der Waals surface area (Å²) in [6, 6.07) is 8.44. The average molecular weight is 168 g/mol. The zero-order valence-electron chi connectivity index (χ0n) is 6.83. The van der Waals surface area contributed by atoms with Gasteiger partial charge in [-0.3, -0.25) is 0 Å². The van der Waals surface area contributed by atoms with E-state index in [-0.39, 0.29) is 0 Å². The van der Waals surface area contributed by atoms with Crippen molar-refractivity contribution >= 4 is 11.8 Å². The summed E-state index contributed by atoms with van der Waals surface area (Å²) in [4.78, 5) is 1.26. The number of hydrogen-bond acceptors (Lipinski definition) is 2. The van der Waals surface area contributed by atoms with E-state index in [0.717, 1.165) is 5.94 Å². The SMILES string of the molecule is COCSc1ccc(C)cc1. The van der Waals surface area contributed by atoms with Gasteiger partial charge in [0, 0.05) is 12.0 Å². The van der Waals surface area contributed by atoms with Crippen LogP contribution in [0.2, 0.25) is 0 Å². The molecule has 1 aromatic rings. The molecule has 0 unspecified atom stereocenters. The van der Waals surface area contributed by atoms with E-state index in [1.807, 2.05) is 0 Å². The third kappa shape index (κ3) is 2.95. The molecule has 0 saturated heterocycles. The van der Waals surface area contributed by atoms with Crippen LogP contribution in [-0.4, -0.2) is 13.0 Å². The fourth-order valence-electron chi connectivity index (χ4n) is 0.761. The van der Waals surface area contributed by atoms with Crippen LogP contribution in [0.25, 0.3) is 0 Å². The van der Waals surface area contributed by atoms with Gasteiger partial charge in [-0.15, -0.1) is 0 Å². The summed E-state index contributed by atoms with van der Waals surface area (Å²) in [6.07, 6.45) is 0. The van der Waals surface area contributed by atoms with E-state index in [4.69, 9.17) is 4.74 Å². The van der Waals surface area contributed by atoms with Crippen molar-refractivity contribution in [2.24, 2.45) is 0 Å². The Bertz CT molecular complexity index is 205. The van der Waals surface area contributed by atoms with Crippen LogP contribution in [0.1, 0.15) is 5.56 Å². The molecule has 0 heterocycles. The zero-order valence-corrected chi connectivity index (χ0v) is 7.65. The van der Waals surface area contributed by atoms with Gasteiger partial charge in [-0.1, -0.05) is 29.5 Å². The molecule has 1 aromatic carbocycles. The Kier molecular flexibility index (Phi) is 3.46. The number of thioether (sulfide) groups is 1. The fraction of sp³-hybridized carbons (Fsp3) is 0.333. The molecule has 0 radical (unpaired) electrons. The molecule has 0 fully saturated rings.